The molecule has 0 saturated heterocycles. The second kappa shape index (κ2) is 10.8. The zero-order valence-electron chi connectivity index (χ0n) is 20.5. The summed E-state index contributed by atoms with van der Waals surface area (Å²) in [4.78, 5) is 42.8. The van der Waals surface area contributed by atoms with Crippen molar-refractivity contribution in [3.05, 3.63) is 44.8 Å². The summed E-state index contributed by atoms with van der Waals surface area (Å²) >= 11 is 2.30. The first kappa shape index (κ1) is 27.1. The standard InChI is InChI=1S/C24H26FN3O6S3/c1-4-34-23(31)21-15-7-5-13(2)9-17(15)35-22(21)26-19(29)11-37(32,33)12-20(30)27-24-28(3)16-8-6-14(25)10-18(16)36-24/h6,8,10,13H,4-5,7,9,11-12H2,1-3H3,(H,26,29). The highest BCUT2D eigenvalue weighted by molar-refractivity contribution is 7.92. The molecule has 0 fully saturated rings. The average Bonchev–Trinajstić information content (AvgIpc) is 3.28. The van der Waals surface area contributed by atoms with Gasteiger partial charge in [-0.2, -0.15) is 4.99 Å². The van der Waals surface area contributed by atoms with E-state index in [0.717, 1.165) is 34.6 Å². The molecular weight excluding hydrogens is 541 g/mol. The SMILES string of the molecule is CCOC(=O)c1c(NC(=O)CS(=O)(=O)CC(=O)N=c2sc3cc(F)ccc3n2C)sc2c1CCC(C)C2. The smallest absolute Gasteiger partial charge is 0.341 e. The maximum atomic E-state index is 13.5. The lowest BCUT2D eigenvalue weighted by atomic mass is 9.88. The van der Waals surface area contributed by atoms with Gasteiger partial charge in [0.1, 0.15) is 22.3 Å². The number of rotatable bonds is 7. The number of amides is 2. The van der Waals surface area contributed by atoms with Crippen LogP contribution in [0.5, 0.6) is 0 Å². The minimum Gasteiger partial charge on any atom is -0.462 e. The minimum absolute atomic E-state index is 0.166. The number of nitrogens with one attached hydrogen (secondary N) is 1. The van der Waals surface area contributed by atoms with Crippen LogP contribution in [0.3, 0.4) is 0 Å². The molecule has 1 N–H and O–H groups in total. The van der Waals surface area contributed by atoms with Gasteiger partial charge in [-0.25, -0.2) is 17.6 Å². The number of carbonyl (C=O) groups excluding carboxylic acids is 3. The van der Waals surface area contributed by atoms with Crippen molar-refractivity contribution in [2.24, 2.45) is 18.0 Å². The zero-order chi connectivity index (χ0) is 26.9. The van der Waals surface area contributed by atoms with E-state index in [1.807, 2.05) is 0 Å². The van der Waals surface area contributed by atoms with Crippen LogP contribution in [0.2, 0.25) is 0 Å². The van der Waals surface area contributed by atoms with Crippen LogP contribution in [-0.2, 0) is 44.1 Å². The molecule has 198 valence electrons. The maximum absolute atomic E-state index is 13.5. The molecule has 0 spiro atoms. The van der Waals surface area contributed by atoms with Crippen molar-refractivity contribution in [2.45, 2.75) is 33.1 Å². The maximum Gasteiger partial charge on any atom is 0.341 e. The molecule has 0 saturated carbocycles. The van der Waals surface area contributed by atoms with Crippen molar-refractivity contribution in [3.63, 3.8) is 0 Å². The molecule has 1 atom stereocenters. The summed E-state index contributed by atoms with van der Waals surface area (Å²) in [6, 6.07) is 4.12. The van der Waals surface area contributed by atoms with Crippen LogP contribution in [-0.4, -0.2) is 48.9 Å². The van der Waals surface area contributed by atoms with Gasteiger partial charge in [0.25, 0.3) is 5.91 Å². The number of sulfone groups is 1. The summed E-state index contributed by atoms with van der Waals surface area (Å²) in [7, 11) is -2.52. The Morgan fingerprint density at radius 3 is 2.73 bits per heavy atom. The predicted octanol–water partition coefficient (Wildman–Crippen LogP) is 3.22. The molecule has 1 aromatic carbocycles. The van der Waals surface area contributed by atoms with Crippen molar-refractivity contribution in [2.75, 3.05) is 23.4 Å². The molecule has 0 aliphatic heterocycles. The first-order valence-electron chi connectivity index (χ1n) is 11.6. The van der Waals surface area contributed by atoms with E-state index in [9.17, 15) is 27.2 Å². The van der Waals surface area contributed by atoms with Gasteiger partial charge in [0.15, 0.2) is 14.6 Å². The third kappa shape index (κ3) is 6.16. The summed E-state index contributed by atoms with van der Waals surface area (Å²) in [5.41, 5.74) is 1.76. The predicted molar refractivity (Wildman–Crippen MR) is 140 cm³/mol. The molecule has 2 heterocycles. The summed E-state index contributed by atoms with van der Waals surface area (Å²) in [5, 5.41) is 2.82. The average molecular weight is 568 g/mol. The fourth-order valence-electron chi connectivity index (χ4n) is 4.21. The van der Waals surface area contributed by atoms with Gasteiger partial charge in [-0.3, -0.25) is 9.59 Å². The number of carbonyl (C=O) groups is 3. The van der Waals surface area contributed by atoms with Gasteiger partial charge >= 0.3 is 5.97 Å². The number of aryl methyl sites for hydroxylation is 1. The van der Waals surface area contributed by atoms with E-state index in [4.69, 9.17) is 4.74 Å². The van der Waals surface area contributed by atoms with E-state index < -0.39 is 44.9 Å². The number of anilines is 1. The van der Waals surface area contributed by atoms with E-state index >= 15 is 0 Å². The van der Waals surface area contributed by atoms with Crippen molar-refractivity contribution >= 4 is 65.5 Å². The number of hydrogen-bond acceptors (Lipinski definition) is 8. The summed E-state index contributed by atoms with van der Waals surface area (Å²) in [6.07, 6.45) is 2.33. The van der Waals surface area contributed by atoms with E-state index in [2.05, 4.69) is 17.2 Å². The zero-order valence-corrected chi connectivity index (χ0v) is 22.9. The first-order valence-corrected chi connectivity index (χ1v) is 15.1. The molecule has 1 unspecified atom stereocenters. The molecule has 1 aliphatic carbocycles. The van der Waals surface area contributed by atoms with Gasteiger partial charge < -0.3 is 14.6 Å². The second-order valence-electron chi connectivity index (χ2n) is 8.92. The number of aromatic nitrogens is 1. The second-order valence-corrected chi connectivity index (χ2v) is 13.1. The fourth-order valence-corrected chi connectivity index (χ4v) is 7.70. The number of nitrogens with zero attached hydrogens (tertiary/aromatic N) is 2. The number of thiophene rings is 1. The Kier molecular flexibility index (Phi) is 7.95. The Labute approximate surface area is 220 Å². The van der Waals surface area contributed by atoms with Gasteiger partial charge in [0.2, 0.25) is 5.91 Å². The first-order chi connectivity index (χ1) is 17.5. The van der Waals surface area contributed by atoms with Crippen molar-refractivity contribution in [3.8, 4) is 0 Å². The largest absolute Gasteiger partial charge is 0.462 e. The highest BCUT2D eigenvalue weighted by Crippen LogP contribution is 2.40. The van der Waals surface area contributed by atoms with Crippen molar-refractivity contribution in [1.29, 1.82) is 0 Å². The highest BCUT2D eigenvalue weighted by Gasteiger charge is 2.30. The fraction of sp³-hybridized carbons (Fsp3) is 0.417. The van der Waals surface area contributed by atoms with E-state index in [-0.39, 0.29) is 22.0 Å². The van der Waals surface area contributed by atoms with Gasteiger partial charge in [-0.15, -0.1) is 11.3 Å². The van der Waals surface area contributed by atoms with Crippen LogP contribution in [0.1, 0.15) is 41.1 Å². The van der Waals surface area contributed by atoms with E-state index in [1.165, 1.54) is 23.5 Å². The summed E-state index contributed by atoms with van der Waals surface area (Å²) < 4.78 is 46.0. The Hall–Kier alpha value is -2.90. The quantitative estimate of drug-likeness (QED) is 0.437. The number of benzene rings is 1. The molecule has 2 amide bonds. The van der Waals surface area contributed by atoms with Crippen LogP contribution in [0.4, 0.5) is 9.39 Å². The number of fused-ring (bicyclic) bond motifs is 2. The van der Waals surface area contributed by atoms with Crippen LogP contribution in [0, 0.1) is 11.7 Å². The molecule has 13 heteroatoms. The molecule has 1 aliphatic rings. The van der Waals surface area contributed by atoms with Gasteiger partial charge in [-0.05, 0) is 55.9 Å². The highest BCUT2D eigenvalue weighted by atomic mass is 32.2. The molecule has 4 rings (SSSR count). The molecule has 0 radical (unpaired) electrons. The topological polar surface area (TPSA) is 124 Å². The lowest BCUT2D eigenvalue weighted by molar-refractivity contribution is -0.115. The Bertz CT molecular complexity index is 1570. The molecular formula is C24H26FN3O6S3. The third-order valence-corrected chi connectivity index (χ3v) is 9.58. The van der Waals surface area contributed by atoms with Crippen LogP contribution >= 0.6 is 22.7 Å². The van der Waals surface area contributed by atoms with Gasteiger partial charge in [0.05, 0.1) is 22.4 Å². The monoisotopic (exact) mass is 567 g/mol. The Morgan fingerprint density at radius 2 is 2.00 bits per heavy atom. The molecule has 0 bridgehead atoms. The molecule has 37 heavy (non-hydrogen) atoms. The normalized spacial score (nSPS) is 16.0. The molecule has 9 nitrogen and oxygen atoms in total. The summed E-state index contributed by atoms with van der Waals surface area (Å²) in [6.45, 7) is 3.96. The van der Waals surface area contributed by atoms with Crippen LogP contribution in [0.25, 0.3) is 10.2 Å². The Balaban J connectivity index is 1.49. The van der Waals surface area contributed by atoms with Crippen molar-refractivity contribution in [1.82, 2.24) is 4.57 Å². The Morgan fingerprint density at radius 1 is 1.24 bits per heavy atom. The molecule has 2 aromatic heterocycles. The summed E-state index contributed by atoms with van der Waals surface area (Å²) in [5.74, 6) is -4.27. The number of halogens is 1. The van der Waals surface area contributed by atoms with Crippen LogP contribution < -0.4 is 10.1 Å². The lowest BCUT2D eigenvalue weighted by Crippen LogP contribution is -2.28. The number of esters is 1. The van der Waals surface area contributed by atoms with Crippen molar-refractivity contribution < 1.29 is 31.9 Å². The minimum atomic E-state index is -4.16. The number of thiazole rings is 1. The van der Waals surface area contributed by atoms with Gasteiger partial charge in [0, 0.05) is 11.9 Å². The number of ether oxygens (including phenoxy) is 1. The molecule has 3 aromatic rings. The third-order valence-electron chi connectivity index (χ3n) is 5.93. The van der Waals surface area contributed by atoms with Crippen LogP contribution in [0.15, 0.2) is 23.2 Å². The van der Waals surface area contributed by atoms with E-state index in [0.29, 0.717) is 22.6 Å². The van der Waals surface area contributed by atoms with Gasteiger partial charge in [-0.1, -0.05) is 18.3 Å². The lowest BCUT2D eigenvalue weighted by Gasteiger charge is -2.18. The number of hydrogen-bond donors (Lipinski definition) is 1. The van der Waals surface area contributed by atoms with E-state index in [1.54, 1.807) is 24.6 Å².